The molecule has 144 valence electrons. The van der Waals surface area contributed by atoms with Crippen LogP contribution in [0.4, 0.5) is 4.79 Å². The highest BCUT2D eigenvalue weighted by Gasteiger charge is 2.36. The number of nitrogens with zero attached hydrogens (tertiary/aromatic N) is 1. The van der Waals surface area contributed by atoms with E-state index in [0.29, 0.717) is 6.42 Å². The number of hydrogen-bond acceptors (Lipinski definition) is 5. The fourth-order valence-corrected chi connectivity index (χ4v) is 3.65. The van der Waals surface area contributed by atoms with Crippen molar-refractivity contribution in [3.8, 4) is 0 Å². The number of imide groups is 1. The Labute approximate surface area is 167 Å². The van der Waals surface area contributed by atoms with Gasteiger partial charge in [0.2, 0.25) is 5.91 Å². The average molecular weight is 396 g/mol. The highest BCUT2D eigenvalue weighted by molar-refractivity contribution is 8.18. The topological polar surface area (TPSA) is 86.7 Å². The van der Waals surface area contributed by atoms with E-state index in [1.54, 1.807) is 6.08 Å². The van der Waals surface area contributed by atoms with Crippen LogP contribution in [-0.4, -0.2) is 46.3 Å². The molecule has 0 unspecified atom stereocenters. The van der Waals surface area contributed by atoms with Crippen molar-refractivity contribution >= 4 is 34.9 Å². The van der Waals surface area contributed by atoms with Crippen molar-refractivity contribution in [2.75, 3.05) is 13.2 Å². The van der Waals surface area contributed by atoms with E-state index in [0.717, 1.165) is 27.8 Å². The number of nitrogens with one attached hydrogen (secondary N) is 1. The summed E-state index contributed by atoms with van der Waals surface area (Å²) in [5.74, 6) is -0.976. The van der Waals surface area contributed by atoms with Crippen molar-refractivity contribution in [3.63, 3.8) is 0 Å². The van der Waals surface area contributed by atoms with Crippen molar-refractivity contribution in [2.24, 2.45) is 0 Å². The molecule has 2 aromatic carbocycles. The zero-order chi connectivity index (χ0) is 19.9. The summed E-state index contributed by atoms with van der Waals surface area (Å²) in [6.45, 7) is -0.613. The van der Waals surface area contributed by atoms with Crippen LogP contribution in [0.15, 0.2) is 65.6 Å². The van der Waals surface area contributed by atoms with E-state index in [-0.39, 0.29) is 18.1 Å². The number of aliphatic hydroxyl groups excluding tert-OH is 1. The Morgan fingerprint density at radius 2 is 1.71 bits per heavy atom. The molecule has 0 bridgehead atoms. The van der Waals surface area contributed by atoms with Crippen molar-refractivity contribution in [1.82, 2.24) is 10.2 Å². The maximum atomic E-state index is 12.5. The highest BCUT2D eigenvalue weighted by atomic mass is 32.2. The maximum Gasteiger partial charge on any atom is 0.294 e. The molecule has 28 heavy (non-hydrogen) atoms. The third kappa shape index (κ3) is 5.09. The molecule has 1 heterocycles. The van der Waals surface area contributed by atoms with Gasteiger partial charge in [-0.05, 0) is 35.4 Å². The Hall–Kier alpha value is -2.90. The molecule has 0 radical (unpaired) electrons. The van der Waals surface area contributed by atoms with Crippen LogP contribution in [0.25, 0.3) is 6.08 Å². The summed E-state index contributed by atoms with van der Waals surface area (Å²) in [6.07, 6.45) is 2.09. The van der Waals surface area contributed by atoms with Crippen molar-refractivity contribution in [2.45, 2.75) is 12.5 Å². The second kappa shape index (κ2) is 9.34. The van der Waals surface area contributed by atoms with Gasteiger partial charge in [-0.2, -0.15) is 0 Å². The van der Waals surface area contributed by atoms with Crippen molar-refractivity contribution in [3.05, 3.63) is 76.7 Å². The molecular weight excluding hydrogens is 376 g/mol. The number of carbonyl (C=O) groups excluding carboxylic acids is 3. The predicted molar refractivity (Wildman–Crippen MR) is 108 cm³/mol. The van der Waals surface area contributed by atoms with Gasteiger partial charge in [0, 0.05) is 0 Å². The molecule has 0 aromatic heterocycles. The second-order valence-corrected chi connectivity index (χ2v) is 7.31. The van der Waals surface area contributed by atoms with Crippen LogP contribution in [0.2, 0.25) is 0 Å². The predicted octanol–water partition coefficient (Wildman–Crippen LogP) is 2.44. The number of benzene rings is 2. The molecule has 0 aliphatic carbocycles. The number of thioether (sulfide) groups is 1. The van der Waals surface area contributed by atoms with E-state index in [4.69, 9.17) is 0 Å². The number of hydrogen-bond donors (Lipinski definition) is 2. The minimum Gasteiger partial charge on any atom is -0.394 e. The maximum absolute atomic E-state index is 12.5. The van der Waals surface area contributed by atoms with Crippen LogP contribution in [0.1, 0.15) is 11.1 Å². The lowest BCUT2D eigenvalue weighted by Gasteiger charge is -2.18. The minimum atomic E-state index is -0.491. The van der Waals surface area contributed by atoms with Gasteiger partial charge < -0.3 is 10.4 Å². The lowest BCUT2D eigenvalue weighted by Crippen LogP contribution is -2.45. The Morgan fingerprint density at radius 1 is 1.07 bits per heavy atom. The first kappa shape index (κ1) is 19.9. The molecule has 6 nitrogen and oxygen atoms in total. The molecule has 1 atom stereocenters. The standard InChI is InChI=1S/C21H20N2O4S/c24-14-17(11-15-7-3-1-4-8-15)22-19(25)13-23-20(26)18(28-21(23)27)12-16-9-5-2-6-10-16/h1-10,12,17,24H,11,13-14H2,(H,22,25)/b18-12+/t17-/m1/s1. The molecule has 1 fully saturated rings. The van der Waals surface area contributed by atoms with E-state index in [2.05, 4.69) is 5.32 Å². The number of amides is 3. The van der Waals surface area contributed by atoms with Crippen molar-refractivity contribution < 1.29 is 19.5 Å². The molecule has 0 saturated carbocycles. The van der Waals surface area contributed by atoms with E-state index in [9.17, 15) is 19.5 Å². The monoisotopic (exact) mass is 396 g/mol. The van der Waals surface area contributed by atoms with Gasteiger partial charge in [-0.15, -0.1) is 0 Å². The Bertz CT molecular complexity index is 884. The van der Waals surface area contributed by atoms with E-state index < -0.39 is 23.1 Å². The van der Waals surface area contributed by atoms with Gasteiger partial charge >= 0.3 is 0 Å². The molecule has 1 aliphatic rings. The van der Waals surface area contributed by atoms with Gasteiger partial charge in [-0.25, -0.2) is 0 Å². The molecule has 2 aromatic rings. The Balaban J connectivity index is 1.61. The number of aliphatic hydroxyl groups is 1. The fraction of sp³-hybridized carbons (Fsp3) is 0.190. The van der Waals surface area contributed by atoms with Gasteiger partial charge in [0.25, 0.3) is 11.1 Å². The molecule has 0 spiro atoms. The molecule has 1 saturated heterocycles. The van der Waals surface area contributed by atoms with Gasteiger partial charge in [0.1, 0.15) is 6.54 Å². The average Bonchev–Trinajstić information content (AvgIpc) is 2.96. The van der Waals surface area contributed by atoms with E-state index in [1.165, 1.54) is 0 Å². The van der Waals surface area contributed by atoms with Crippen LogP contribution < -0.4 is 5.32 Å². The Kier molecular flexibility index (Phi) is 6.62. The summed E-state index contributed by atoms with van der Waals surface area (Å²) in [5, 5.41) is 11.7. The quantitative estimate of drug-likeness (QED) is 0.702. The molecule has 3 amide bonds. The zero-order valence-corrected chi connectivity index (χ0v) is 15.9. The lowest BCUT2D eigenvalue weighted by molar-refractivity contribution is -0.129. The Morgan fingerprint density at radius 3 is 2.36 bits per heavy atom. The first-order valence-electron chi connectivity index (χ1n) is 8.81. The lowest BCUT2D eigenvalue weighted by atomic mass is 10.1. The van der Waals surface area contributed by atoms with Gasteiger partial charge in [0.15, 0.2) is 0 Å². The number of rotatable bonds is 7. The van der Waals surface area contributed by atoms with Gasteiger partial charge in [-0.1, -0.05) is 60.7 Å². The normalized spacial score (nSPS) is 16.5. The first-order chi connectivity index (χ1) is 13.6. The van der Waals surface area contributed by atoms with Crippen LogP contribution in [-0.2, 0) is 16.0 Å². The summed E-state index contributed by atoms with van der Waals surface area (Å²) in [6, 6.07) is 18.2. The van der Waals surface area contributed by atoms with Crippen molar-refractivity contribution in [1.29, 1.82) is 0 Å². The van der Waals surface area contributed by atoms with Crippen LogP contribution in [0.5, 0.6) is 0 Å². The smallest absolute Gasteiger partial charge is 0.294 e. The van der Waals surface area contributed by atoms with Crippen LogP contribution in [0, 0.1) is 0 Å². The third-order valence-corrected chi connectivity index (χ3v) is 5.09. The van der Waals surface area contributed by atoms with Crippen LogP contribution >= 0.6 is 11.8 Å². The minimum absolute atomic E-state index is 0.240. The van der Waals surface area contributed by atoms with Gasteiger partial charge in [-0.3, -0.25) is 19.3 Å². The van der Waals surface area contributed by atoms with Crippen LogP contribution in [0.3, 0.4) is 0 Å². The largest absolute Gasteiger partial charge is 0.394 e. The molecule has 1 aliphatic heterocycles. The second-order valence-electron chi connectivity index (χ2n) is 6.32. The SMILES string of the molecule is O=C(CN1C(=O)S/C(=C/c2ccccc2)C1=O)N[C@@H](CO)Cc1ccccc1. The summed E-state index contributed by atoms with van der Waals surface area (Å²) in [7, 11) is 0. The molecule has 2 N–H and O–H groups in total. The van der Waals surface area contributed by atoms with E-state index >= 15 is 0 Å². The van der Waals surface area contributed by atoms with Gasteiger partial charge in [0.05, 0.1) is 17.6 Å². The number of carbonyl (C=O) groups is 3. The van der Waals surface area contributed by atoms with E-state index in [1.807, 2.05) is 60.7 Å². The summed E-state index contributed by atoms with van der Waals surface area (Å²) < 4.78 is 0. The third-order valence-electron chi connectivity index (χ3n) is 4.18. The summed E-state index contributed by atoms with van der Waals surface area (Å²) in [4.78, 5) is 38.2. The molecule has 7 heteroatoms. The summed E-state index contributed by atoms with van der Waals surface area (Å²) >= 11 is 0.815. The molecule has 3 rings (SSSR count). The highest BCUT2D eigenvalue weighted by Crippen LogP contribution is 2.31. The first-order valence-corrected chi connectivity index (χ1v) is 9.63. The molecular formula is C21H20N2O4S. The fourth-order valence-electron chi connectivity index (χ4n) is 2.81. The summed E-state index contributed by atoms with van der Waals surface area (Å²) in [5.41, 5.74) is 1.78. The zero-order valence-electron chi connectivity index (χ0n) is 15.1.